The average molecular weight is 250 g/mol. The molecular formula is C13H18N2OS. The minimum Gasteiger partial charge on any atom is -0.336 e. The van der Waals surface area contributed by atoms with Crippen molar-refractivity contribution in [3.8, 4) is 0 Å². The molecule has 1 atom stereocenters. The van der Waals surface area contributed by atoms with Gasteiger partial charge in [0.1, 0.15) is 5.03 Å². The van der Waals surface area contributed by atoms with Gasteiger partial charge >= 0.3 is 0 Å². The van der Waals surface area contributed by atoms with Crippen molar-refractivity contribution in [2.45, 2.75) is 37.8 Å². The predicted molar refractivity (Wildman–Crippen MR) is 70.0 cm³/mol. The molecule has 1 saturated heterocycles. The summed E-state index contributed by atoms with van der Waals surface area (Å²) >= 11 is 1.75. The molecule has 0 bridgehead atoms. The summed E-state index contributed by atoms with van der Waals surface area (Å²) in [6.07, 6.45) is 3.98. The van der Waals surface area contributed by atoms with Crippen molar-refractivity contribution in [2.75, 3.05) is 12.3 Å². The van der Waals surface area contributed by atoms with E-state index in [-0.39, 0.29) is 11.9 Å². The largest absolute Gasteiger partial charge is 0.336 e. The van der Waals surface area contributed by atoms with Gasteiger partial charge in [-0.15, -0.1) is 11.8 Å². The summed E-state index contributed by atoms with van der Waals surface area (Å²) < 4.78 is 0. The highest BCUT2D eigenvalue weighted by Crippen LogP contribution is 2.36. The van der Waals surface area contributed by atoms with Crippen LogP contribution in [0.2, 0.25) is 0 Å². The van der Waals surface area contributed by atoms with E-state index in [9.17, 15) is 4.79 Å². The van der Waals surface area contributed by atoms with E-state index in [1.807, 2.05) is 17.2 Å². The van der Waals surface area contributed by atoms with E-state index in [0.717, 1.165) is 30.2 Å². The molecule has 1 aliphatic heterocycles. The summed E-state index contributed by atoms with van der Waals surface area (Å²) in [5.74, 6) is 1.18. The molecule has 92 valence electrons. The third kappa shape index (κ3) is 2.63. The van der Waals surface area contributed by atoms with Crippen molar-refractivity contribution in [1.29, 1.82) is 0 Å². The molecular weight excluding hydrogens is 232 g/mol. The van der Waals surface area contributed by atoms with Crippen LogP contribution in [0.15, 0.2) is 23.4 Å². The molecule has 1 aliphatic rings. The van der Waals surface area contributed by atoms with Crippen LogP contribution in [0.5, 0.6) is 0 Å². The van der Waals surface area contributed by atoms with E-state index >= 15 is 0 Å². The van der Waals surface area contributed by atoms with Crippen molar-refractivity contribution in [2.24, 2.45) is 0 Å². The molecule has 1 aromatic rings. The smallest absolute Gasteiger partial charge is 0.219 e. The molecule has 1 amide bonds. The summed E-state index contributed by atoms with van der Waals surface area (Å²) in [4.78, 5) is 18.0. The Morgan fingerprint density at radius 3 is 3.18 bits per heavy atom. The van der Waals surface area contributed by atoms with Crippen LogP contribution in [0, 0.1) is 0 Å². The summed E-state index contributed by atoms with van der Waals surface area (Å²) in [7, 11) is 0. The number of rotatable bonds is 3. The van der Waals surface area contributed by atoms with E-state index in [0.29, 0.717) is 0 Å². The predicted octanol–water partition coefficient (Wildman–Crippen LogP) is 2.88. The Bertz CT molecular complexity index is 408. The fourth-order valence-electron chi connectivity index (χ4n) is 2.38. The summed E-state index contributed by atoms with van der Waals surface area (Å²) in [5.41, 5.74) is 1.21. The zero-order valence-electron chi connectivity index (χ0n) is 10.3. The van der Waals surface area contributed by atoms with E-state index < -0.39 is 0 Å². The SMILES string of the molecule is CCSc1ncccc1[C@H]1CCCN1C(C)=O. The number of amides is 1. The zero-order valence-corrected chi connectivity index (χ0v) is 11.2. The molecule has 0 radical (unpaired) electrons. The topological polar surface area (TPSA) is 33.2 Å². The Morgan fingerprint density at radius 1 is 1.65 bits per heavy atom. The second kappa shape index (κ2) is 5.54. The van der Waals surface area contributed by atoms with Gasteiger partial charge in [-0.05, 0) is 24.7 Å². The molecule has 0 saturated carbocycles. The number of carbonyl (C=O) groups is 1. The maximum absolute atomic E-state index is 11.6. The normalized spacial score (nSPS) is 19.6. The Labute approximate surface area is 107 Å². The maximum Gasteiger partial charge on any atom is 0.219 e. The van der Waals surface area contributed by atoms with Crippen LogP contribution in [-0.2, 0) is 4.79 Å². The number of hydrogen-bond acceptors (Lipinski definition) is 3. The van der Waals surface area contributed by atoms with Crippen LogP contribution >= 0.6 is 11.8 Å². The second-order valence-electron chi connectivity index (χ2n) is 4.20. The first-order valence-corrected chi connectivity index (χ1v) is 7.07. The lowest BCUT2D eigenvalue weighted by Crippen LogP contribution is -2.28. The molecule has 2 rings (SSSR count). The Balaban J connectivity index is 2.29. The molecule has 4 heteroatoms. The first-order valence-electron chi connectivity index (χ1n) is 6.09. The zero-order chi connectivity index (χ0) is 12.3. The molecule has 0 aromatic carbocycles. The van der Waals surface area contributed by atoms with Crippen LogP contribution < -0.4 is 0 Å². The number of nitrogens with zero attached hydrogens (tertiary/aromatic N) is 2. The number of carbonyl (C=O) groups excluding carboxylic acids is 1. The van der Waals surface area contributed by atoms with Crippen molar-refractivity contribution in [3.05, 3.63) is 23.9 Å². The molecule has 1 fully saturated rings. The number of pyridine rings is 1. The van der Waals surface area contributed by atoms with Gasteiger partial charge in [0, 0.05) is 25.2 Å². The van der Waals surface area contributed by atoms with Crippen LogP contribution in [0.4, 0.5) is 0 Å². The monoisotopic (exact) mass is 250 g/mol. The highest BCUT2D eigenvalue weighted by molar-refractivity contribution is 7.99. The molecule has 0 unspecified atom stereocenters. The summed E-state index contributed by atoms with van der Waals surface area (Å²) in [6.45, 7) is 4.66. The third-order valence-electron chi connectivity index (χ3n) is 3.10. The van der Waals surface area contributed by atoms with Crippen LogP contribution in [-0.4, -0.2) is 28.1 Å². The Kier molecular flexibility index (Phi) is 4.05. The highest BCUT2D eigenvalue weighted by Gasteiger charge is 2.29. The number of hydrogen-bond donors (Lipinski definition) is 0. The van der Waals surface area contributed by atoms with Crippen molar-refractivity contribution in [1.82, 2.24) is 9.88 Å². The van der Waals surface area contributed by atoms with Gasteiger partial charge in [-0.3, -0.25) is 4.79 Å². The summed E-state index contributed by atoms with van der Waals surface area (Å²) in [6, 6.07) is 4.30. The molecule has 0 spiro atoms. The summed E-state index contributed by atoms with van der Waals surface area (Å²) in [5, 5.41) is 1.08. The first kappa shape index (κ1) is 12.4. The lowest BCUT2D eigenvalue weighted by molar-refractivity contribution is -0.129. The van der Waals surface area contributed by atoms with E-state index in [1.165, 1.54) is 5.56 Å². The van der Waals surface area contributed by atoms with Crippen molar-refractivity contribution in [3.63, 3.8) is 0 Å². The lowest BCUT2D eigenvalue weighted by Gasteiger charge is -2.24. The Morgan fingerprint density at radius 2 is 2.47 bits per heavy atom. The second-order valence-corrected chi connectivity index (χ2v) is 5.45. The number of aromatic nitrogens is 1. The Hall–Kier alpha value is -1.03. The van der Waals surface area contributed by atoms with Crippen LogP contribution in [0.25, 0.3) is 0 Å². The van der Waals surface area contributed by atoms with Gasteiger partial charge in [0.25, 0.3) is 0 Å². The average Bonchev–Trinajstić information content (AvgIpc) is 2.79. The van der Waals surface area contributed by atoms with E-state index in [4.69, 9.17) is 0 Å². The van der Waals surface area contributed by atoms with Gasteiger partial charge in [0.2, 0.25) is 5.91 Å². The van der Waals surface area contributed by atoms with Gasteiger partial charge in [0.05, 0.1) is 6.04 Å². The van der Waals surface area contributed by atoms with Gasteiger partial charge in [-0.2, -0.15) is 0 Å². The van der Waals surface area contributed by atoms with Gasteiger partial charge in [0.15, 0.2) is 0 Å². The quantitative estimate of drug-likeness (QED) is 0.773. The number of likely N-dealkylation sites (tertiary alicyclic amines) is 1. The van der Waals surface area contributed by atoms with Gasteiger partial charge in [-0.1, -0.05) is 13.0 Å². The van der Waals surface area contributed by atoms with Crippen LogP contribution in [0.1, 0.15) is 38.3 Å². The van der Waals surface area contributed by atoms with E-state index in [1.54, 1.807) is 18.7 Å². The highest BCUT2D eigenvalue weighted by atomic mass is 32.2. The molecule has 1 aromatic heterocycles. The molecule has 3 nitrogen and oxygen atoms in total. The molecule has 2 heterocycles. The molecule has 0 aliphatic carbocycles. The molecule has 0 N–H and O–H groups in total. The fourth-order valence-corrected chi connectivity index (χ4v) is 3.16. The maximum atomic E-state index is 11.6. The third-order valence-corrected chi connectivity index (χ3v) is 4.00. The minimum atomic E-state index is 0.170. The van der Waals surface area contributed by atoms with Gasteiger partial charge in [-0.25, -0.2) is 4.98 Å². The standard InChI is InChI=1S/C13H18N2OS/c1-3-17-13-11(6-4-8-14-13)12-7-5-9-15(12)10(2)16/h4,6,8,12H,3,5,7,9H2,1-2H3/t12-/m1/s1. The first-order chi connectivity index (χ1) is 8.24. The van der Waals surface area contributed by atoms with Crippen molar-refractivity contribution < 1.29 is 4.79 Å². The lowest BCUT2D eigenvalue weighted by atomic mass is 10.1. The van der Waals surface area contributed by atoms with Gasteiger partial charge < -0.3 is 4.90 Å². The fraction of sp³-hybridized carbons (Fsp3) is 0.538. The minimum absolute atomic E-state index is 0.170. The molecule has 17 heavy (non-hydrogen) atoms. The van der Waals surface area contributed by atoms with Crippen LogP contribution in [0.3, 0.4) is 0 Å². The van der Waals surface area contributed by atoms with Crippen molar-refractivity contribution >= 4 is 17.7 Å². The number of thioether (sulfide) groups is 1. The van der Waals surface area contributed by atoms with E-state index in [2.05, 4.69) is 18.0 Å².